The number of aryl methyl sites for hydroxylation is 1. The van der Waals surface area contributed by atoms with Gasteiger partial charge in [-0.05, 0) is 19.8 Å². The molecule has 0 bridgehead atoms. The number of H-pyrrole nitrogens is 1. The van der Waals surface area contributed by atoms with Gasteiger partial charge >= 0.3 is 5.97 Å². The van der Waals surface area contributed by atoms with Gasteiger partial charge in [0.25, 0.3) is 5.91 Å². The maximum absolute atomic E-state index is 12.2. The van der Waals surface area contributed by atoms with Gasteiger partial charge in [0.15, 0.2) is 0 Å². The van der Waals surface area contributed by atoms with Crippen LogP contribution in [0.2, 0.25) is 0 Å². The second-order valence-corrected chi connectivity index (χ2v) is 5.00. The van der Waals surface area contributed by atoms with Gasteiger partial charge in [0, 0.05) is 5.69 Å². The van der Waals surface area contributed by atoms with E-state index in [1.165, 1.54) is 13.3 Å². The van der Waals surface area contributed by atoms with Crippen molar-refractivity contribution >= 4 is 11.9 Å². The first kappa shape index (κ1) is 13.6. The molecule has 2 rings (SSSR count). The molecule has 0 atom stereocenters. The average molecular weight is 265 g/mol. The van der Waals surface area contributed by atoms with E-state index in [1.54, 1.807) is 6.92 Å². The zero-order valence-electron chi connectivity index (χ0n) is 11.3. The molecule has 0 aliphatic heterocycles. The fourth-order valence-electron chi connectivity index (χ4n) is 2.60. The molecule has 2 N–H and O–H groups in total. The zero-order valence-corrected chi connectivity index (χ0v) is 11.3. The lowest BCUT2D eigenvalue weighted by molar-refractivity contribution is -0.149. The molecule has 0 radical (unpaired) electrons. The third kappa shape index (κ3) is 2.62. The van der Waals surface area contributed by atoms with Crippen LogP contribution < -0.4 is 5.32 Å². The van der Waals surface area contributed by atoms with Crippen molar-refractivity contribution in [3.8, 4) is 0 Å². The standard InChI is InChI=1S/C13H19N3O3/c1-9-10(8-14-16-9)11(17)15-13(12(18)19-2)6-4-3-5-7-13/h8H,3-7H2,1-2H3,(H,14,16)(H,15,17). The van der Waals surface area contributed by atoms with Crippen molar-refractivity contribution in [3.63, 3.8) is 0 Å². The highest BCUT2D eigenvalue weighted by molar-refractivity contribution is 5.98. The number of nitrogens with zero attached hydrogens (tertiary/aromatic N) is 1. The number of rotatable bonds is 3. The van der Waals surface area contributed by atoms with Gasteiger partial charge in [0.1, 0.15) is 5.54 Å². The number of aromatic nitrogens is 2. The Hall–Kier alpha value is -1.85. The van der Waals surface area contributed by atoms with Crippen LogP contribution in [-0.4, -0.2) is 34.7 Å². The molecule has 1 aliphatic rings. The Morgan fingerprint density at radius 1 is 1.37 bits per heavy atom. The number of carbonyl (C=O) groups excluding carboxylic acids is 2. The molecule has 1 aliphatic carbocycles. The highest BCUT2D eigenvalue weighted by Crippen LogP contribution is 2.29. The number of methoxy groups -OCH3 is 1. The molecular weight excluding hydrogens is 246 g/mol. The van der Waals surface area contributed by atoms with E-state index >= 15 is 0 Å². The SMILES string of the molecule is COC(=O)C1(NC(=O)c2cn[nH]c2C)CCCCC1. The summed E-state index contributed by atoms with van der Waals surface area (Å²) < 4.78 is 4.86. The Bertz CT molecular complexity index is 475. The highest BCUT2D eigenvalue weighted by atomic mass is 16.5. The first-order valence-corrected chi connectivity index (χ1v) is 6.50. The number of carbonyl (C=O) groups is 2. The zero-order chi connectivity index (χ0) is 13.9. The monoisotopic (exact) mass is 265 g/mol. The third-order valence-corrected chi connectivity index (χ3v) is 3.71. The normalized spacial score (nSPS) is 17.8. The van der Waals surface area contributed by atoms with E-state index in [0.29, 0.717) is 24.1 Å². The summed E-state index contributed by atoms with van der Waals surface area (Å²) >= 11 is 0. The summed E-state index contributed by atoms with van der Waals surface area (Å²) in [6, 6.07) is 0. The molecule has 0 saturated heterocycles. The number of esters is 1. The van der Waals surface area contributed by atoms with Gasteiger partial charge in [-0.1, -0.05) is 19.3 Å². The van der Waals surface area contributed by atoms with E-state index < -0.39 is 5.54 Å². The molecule has 1 aromatic heterocycles. The van der Waals surface area contributed by atoms with Crippen LogP contribution in [0.3, 0.4) is 0 Å². The van der Waals surface area contributed by atoms with Gasteiger partial charge < -0.3 is 10.1 Å². The molecule has 0 unspecified atom stereocenters. The molecule has 6 nitrogen and oxygen atoms in total. The van der Waals surface area contributed by atoms with Gasteiger partial charge in [-0.3, -0.25) is 9.89 Å². The molecule has 104 valence electrons. The number of ether oxygens (including phenoxy) is 1. The summed E-state index contributed by atoms with van der Waals surface area (Å²) in [5.41, 5.74) is 0.274. The minimum atomic E-state index is -0.881. The van der Waals surface area contributed by atoms with E-state index in [-0.39, 0.29) is 11.9 Å². The van der Waals surface area contributed by atoms with Crippen LogP contribution in [0.15, 0.2) is 6.20 Å². The number of hydrogen-bond acceptors (Lipinski definition) is 4. The largest absolute Gasteiger partial charge is 0.467 e. The number of amides is 1. The maximum Gasteiger partial charge on any atom is 0.331 e. The topological polar surface area (TPSA) is 84.1 Å². The Morgan fingerprint density at radius 2 is 2.05 bits per heavy atom. The highest BCUT2D eigenvalue weighted by Gasteiger charge is 2.42. The van der Waals surface area contributed by atoms with Crippen LogP contribution in [0, 0.1) is 6.92 Å². The molecule has 1 amide bonds. The fourth-order valence-corrected chi connectivity index (χ4v) is 2.60. The Kier molecular flexibility index (Phi) is 3.87. The first-order chi connectivity index (χ1) is 9.09. The van der Waals surface area contributed by atoms with Gasteiger partial charge in [-0.2, -0.15) is 5.10 Å². The Balaban J connectivity index is 2.19. The third-order valence-electron chi connectivity index (χ3n) is 3.71. The van der Waals surface area contributed by atoms with E-state index in [1.807, 2.05) is 0 Å². The smallest absolute Gasteiger partial charge is 0.331 e. The van der Waals surface area contributed by atoms with Gasteiger partial charge in [0.05, 0.1) is 18.9 Å². The lowest BCUT2D eigenvalue weighted by Gasteiger charge is -2.35. The lowest BCUT2D eigenvalue weighted by Crippen LogP contribution is -2.56. The number of nitrogens with one attached hydrogen (secondary N) is 2. The second kappa shape index (κ2) is 5.42. The molecule has 1 saturated carbocycles. The Morgan fingerprint density at radius 3 is 2.58 bits per heavy atom. The van der Waals surface area contributed by atoms with Crippen molar-refractivity contribution in [2.45, 2.75) is 44.6 Å². The quantitative estimate of drug-likeness (QED) is 0.807. The van der Waals surface area contributed by atoms with E-state index in [2.05, 4.69) is 15.5 Å². The molecule has 0 spiro atoms. The minimum absolute atomic E-state index is 0.279. The molecular formula is C13H19N3O3. The number of hydrogen-bond donors (Lipinski definition) is 2. The van der Waals surface area contributed by atoms with Crippen LogP contribution in [0.5, 0.6) is 0 Å². The minimum Gasteiger partial charge on any atom is -0.467 e. The van der Waals surface area contributed by atoms with Crippen molar-refractivity contribution in [2.75, 3.05) is 7.11 Å². The summed E-state index contributed by atoms with van der Waals surface area (Å²) in [4.78, 5) is 24.3. The average Bonchev–Trinajstić information content (AvgIpc) is 2.85. The second-order valence-electron chi connectivity index (χ2n) is 5.00. The molecule has 0 aromatic carbocycles. The predicted molar refractivity (Wildman–Crippen MR) is 68.6 cm³/mol. The van der Waals surface area contributed by atoms with E-state index in [9.17, 15) is 9.59 Å². The summed E-state index contributed by atoms with van der Waals surface area (Å²) in [7, 11) is 1.36. The molecule has 1 heterocycles. The van der Waals surface area contributed by atoms with Crippen molar-refractivity contribution < 1.29 is 14.3 Å². The van der Waals surface area contributed by atoms with Crippen molar-refractivity contribution in [1.29, 1.82) is 0 Å². The van der Waals surface area contributed by atoms with Gasteiger partial charge in [-0.25, -0.2) is 4.79 Å². The van der Waals surface area contributed by atoms with Gasteiger partial charge in [0.2, 0.25) is 0 Å². The maximum atomic E-state index is 12.2. The van der Waals surface area contributed by atoms with Crippen LogP contribution in [0.4, 0.5) is 0 Å². The predicted octanol–water partition coefficient (Wildman–Crippen LogP) is 1.32. The molecule has 1 fully saturated rings. The summed E-state index contributed by atoms with van der Waals surface area (Å²) in [6.45, 7) is 1.77. The van der Waals surface area contributed by atoms with Crippen molar-refractivity contribution in [2.24, 2.45) is 0 Å². The van der Waals surface area contributed by atoms with Crippen LogP contribution in [0.1, 0.15) is 48.2 Å². The fraction of sp³-hybridized carbons (Fsp3) is 0.615. The van der Waals surface area contributed by atoms with E-state index in [0.717, 1.165) is 19.3 Å². The first-order valence-electron chi connectivity index (χ1n) is 6.50. The summed E-state index contributed by atoms with van der Waals surface area (Å²) in [5.74, 6) is -0.639. The number of aromatic amines is 1. The lowest BCUT2D eigenvalue weighted by atomic mass is 9.81. The molecule has 19 heavy (non-hydrogen) atoms. The van der Waals surface area contributed by atoms with Crippen molar-refractivity contribution in [3.05, 3.63) is 17.5 Å². The molecule has 6 heteroatoms. The Labute approximate surface area is 111 Å². The van der Waals surface area contributed by atoms with Crippen LogP contribution >= 0.6 is 0 Å². The molecule has 1 aromatic rings. The van der Waals surface area contributed by atoms with Gasteiger partial charge in [-0.15, -0.1) is 0 Å². The van der Waals surface area contributed by atoms with Crippen molar-refractivity contribution in [1.82, 2.24) is 15.5 Å². The van der Waals surface area contributed by atoms with E-state index in [4.69, 9.17) is 4.74 Å². The van der Waals surface area contributed by atoms with Crippen LogP contribution in [0.25, 0.3) is 0 Å². The summed E-state index contributed by atoms with van der Waals surface area (Å²) in [5, 5.41) is 9.39. The van der Waals surface area contributed by atoms with Crippen LogP contribution in [-0.2, 0) is 9.53 Å². The summed E-state index contributed by atoms with van der Waals surface area (Å²) in [6.07, 6.45) is 5.64.